The number of benzene rings is 2. The molecule has 1 aliphatic heterocycles. The minimum absolute atomic E-state index is 0.681. The monoisotopic (exact) mass is 370 g/mol. The summed E-state index contributed by atoms with van der Waals surface area (Å²) in [5, 5.41) is 0. The molecule has 0 unspecified atom stereocenters. The van der Waals surface area contributed by atoms with E-state index in [0.717, 1.165) is 11.4 Å². The van der Waals surface area contributed by atoms with Gasteiger partial charge in [0.25, 0.3) is 9.64 Å². The minimum Gasteiger partial charge on any atom is -0.338 e. The van der Waals surface area contributed by atoms with Crippen molar-refractivity contribution in [3.05, 3.63) is 60.7 Å². The molecule has 122 valence electrons. The highest BCUT2D eigenvalue weighted by atomic mass is 35.6. The maximum atomic E-state index is 6.41. The SMILES string of the molecule is COC1(C(Cl)(Cl)Cl)N(c2ccccc2)CCN1c1ccccc1. The van der Waals surface area contributed by atoms with Crippen LogP contribution in [0.1, 0.15) is 0 Å². The summed E-state index contributed by atoms with van der Waals surface area (Å²) in [7, 11) is 1.57. The van der Waals surface area contributed by atoms with E-state index in [1.165, 1.54) is 0 Å². The maximum absolute atomic E-state index is 6.41. The summed E-state index contributed by atoms with van der Waals surface area (Å²) in [5.74, 6) is -1.22. The van der Waals surface area contributed by atoms with Gasteiger partial charge in [-0.15, -0.1) is 0 Å². The maximum Gasteiger partial charge on any atom is 0.270 e. The second-order valence-electron chi connectivity index (χ2n) is 5.28. The molecule has 1 heterocycles. The Kier molecular flexibility index (Phi) is 4.65. The van der Waals surface area contributed by atoms with Gasteiger partial charge in [-0.1, -0.05) is 71.2 Å². The largest absolute Gasteiger partial charge is 0.338 e. The number of hydrogen-bond acceptors (Lipinski definition) is 3. The highest BCUT2D eigenvalue weighted by Crippen LogP contribution is 2.50. The lowest BCUT2D eigenvalue weighted by Crippen LogP contribution is -2.64. The zero-order valence-corrected chi connectivity index (χ0v) is 14.9. The summed E-state index contributed by atoms with van der Waals surface area (Å²) in [4.78, 5) is 3.99. The zero-order valence-electron chi connectivity index (χ0n) is 12.6. The van der Waals surface area contributed by atoms with Crippen LogP contribution in [0.3, 0.4) is 0 Å². The smallest absolute Gasteiger partial charge is 0.270 e. The molecule has 23 heavy (non-hydrogen) atoms. The van der Waals surface area contributed by atoms with Crippen molar-refractivity contribution in [2.45, 2.75) is 9.64 Å². The molecule has 1 fully saturated rings. The highest BCUT2D eigenvalue weighted by molar-refractivity contribution is 6.68. The Labute approximate surface area is 151 Å². The molecular weight excluding hydrogens is 355 g/mol. The molecule has 2 aromatic carbocycles. The molecule has 0 radical (unpaired) electrons. The van der Waals surface area contributed by atoms with Crippen molar-refractivity contribution in [1.82, 2.24) is 0 Å². The molecule has 0 bridgehead atoms. The van der Waals surface area contributed by atoms with Gasteiger partial charge in [-0.3, -0.25) is 0 Å². The Hall–Kier alpha value is -1.13. The van der Waals surface area contributed by atoms with Crippen LogP contribution in [0.5, 0.6) is 0 Å². The van der Waals surface area contributed by atoms with Crippen LogP contribution in [-0.2, 0) is 4.74 Å². The number of alkyl halides is 3. The first-order valence-corrected chi connectivity index (χ1v) is 8.41. The molecule has 0 aliphatic carbocycles. The van der Waals surface area contributed by atoms with E-state index in [-0.39, 0.29) is 0 Å². The molecule has 0 spiro atoms. The topological polar surface area (TPSA) is 15.7 Å². The zero-order chi connectivity index (χ0) is 16.5. The van der Waals surface area contributed by atoms with E-state index in [2.05, 4.69) is 0 Å². The number of methoxy groups -OCH3 is 1. The average Bonchev–Trinajstić information content (AvgIpc) is 2.97. The van der Waals surface area contributed by atoms with Crippen molar-refractivity contribution in [1.29, 1.82) is 0 Å². The number of ether oxygens (including phenoxy) is 1. The van der Waals surface area contributed by atoms with Gasteiger partial charge in [-0.2, -0.15) is 0 Å². The molecule has 0 saturated carbocycles. The summed E-state index contributed by atoms with van der Waals surface area (Å²) >= 11 is 19.2. The van der Waals surface area contributed by atoms with Crippen LogP contribution >= 0.6 is 34.8 Å². The van der Waals surface area contributed by atoms with E-state index in [1.807, 2.05) is 70.5 Å². The third-order valence-electron chi connectivity index (χ3n) is 4.07. The van der Waals surface area contributed by atoms with Gasteiger partial charge >= 0.3 is 0 Å². The van der Waals surface area contributed by atoms with Gasteiger partial charge in [0.1, 0.15) is 0 Å². The third kappa shape index (κ3) is 2.76. The Morgan fingerprint density at radius 1 is 0.826 bits per heavy atom. The van der Waals surface area contributed by atoms with Crippen molar-refractivity contribution in [3.8, 4) is 0 Å². The van der Waals surface area contributed by atoms with Gasteiger partial charge in [0, 0.05) is 31.6 Å². The van der Waals surface area contributed by atoms with E-state index in [0.29, 0.717) is 13.1 Å². The first kappa shape index (κ1) is 16.7. The van der Waals surface area contributed by atoms with Crippen LogP contribution in [0.4, 0.5) is 11.4 Å². The van der Waals surface area contributed by atoms with E-state index in [9.17, 15) is 0 Å². The van der Waals surface area contributed by atoms with Gasteiger partial charge in [0.2, 0.25) is 0 Å². The van der Waals surface area contributed by atoms with Gasteiger partial charge in [0.05, 0.1) is 0 Å². The Morgan fingerprint density at radius 3 is 1.52 bits per heavy atom. The molecule has 1 aliphatic rings. The van der Waals surface area contributed by atoms with Crippen LogP contribution in [0.15, 0.2) is 60.7 Å². The molecule has 3 rings (SSSR count). The lowest BCUT2D eigenvalue weighted by Gasteiger charge is -2.47. The molecule has 0 aromatic heterocycles. The van der Waals surface area contributed by atoms with Gasteiger partial charge in [-0.05, 0) is 24.3 Å². The molecule has 2 aromatic rings. The number of para-hydroxylation sites is 2. The molecule has 0 amide bonds. The number of halogens is 3. The number of nitrogens with zero attached hydrogens (tertiary/aromatic N) is 2. The highest BCUT2D eigenvalue weighted by Gasteiger charge is 2.61. The fraction of sp³-hybridized carbons (Fsp3) is 0.294. The van der Waals surface area contributed by atoms with Crippen LogP contribution in [0, 0.1) is 0 Å². The fourth-order valence-electron chi connectivity index (χ4n) is 3.12. The minimum atomic E-state index is -1.68. The van der Waals surface area contributed by atoms with Crippen LogP contribution < -0.4 is 9.80 Å². The lowest BCUT2D eigenvalue weighted by molar-refractivity contribution is 0.00536. The standard InChI is InChI=1S/C17H17Cl3N2O/c1-23-17(16(18,19)20)21(14-8-4-2-5-9-14)12-13-22(17)15-10-6-3-7-11-15/h2-11H,12-13H2,1H3. The van der Waals surface area contributed by atoms with E-state index >= 15 is 0 Å². The third-order valence-corrected chi connectivity index (χ3v) is 4.81. The van der Waals surface area contributed by atoms with E-state index < -0.39 is 9.64 Å². The van der Waals surface area contributed by atoms with Gasteiger partial charge in [-0.25, -0.2) is 0 Å². The second kappa shape index (κ2) is 6.40. The summed E-state index contributed by atoms with van der Waals surface area (Å²) in [6.45, 7) is 1.36. The summed E-state index contributed by atoms with van der Waals surface area (Å²) in [5.41, 5.74) is 1.89. The molecular formula is C17H17Cl3N2O. The molecule has 1 saturated heterocycles. The predicted octanol–water partition coefficient (Wildman–Crippen LogP) is 4.68. The van der Waals surface area contributed by atoms with E-state index in [4.69, 9.17) is 39.5 Å². The summed E-state index contributed by atoms with van der Waals surface area (Å²) < 4.78 is 4.18. The van der Waals surface area contributed by atoms with Crippen LogP contribution in [-0.4, -0.2) is 29.8 Å². The van der Waals surface area contributed by atoms with Crippen molar-refractivity contribution >= 4 is 46.2 Å². The number of anilines is 2. The number of rotatable bonds is 3. The Morgan fingerprint density at radius 2 is 1.22 bits per heavy atom. The first-order chi connectivity index (χ1) is 11.0. The van der Waals surface area contributed by atoms with E-state index in [1.54, 1.807) is 7.11 Å². The van der Waals surface area contributed by atoms with Crippen molar-refractivity contribution in [2.24, 2.45) is 0 Å². The summed E-state index contributed by atoms with van der Waals surface area (Å²) in [6, 6.07) is 19.7. The van der Waals surface area contributed by atoms with Gasteiger partial charge in [0.15, 0.2) is 0 Å². The summed E-state index contributed by atoms with van der Waals surface area (Å²) in [6.07, 6.45) is 0. The van der Waals surface area contributed by atoms with Gasteiger partial charge < -0.3 is 14.5 Å². The average molecular weight is 372 g/mol. The Balaban J connectivity index is 2.13. The second-order valence-corrected chi connectivity index (χ2v) is 7.57. The molecule has 0 atom stereocenters. The van der Waals surface area contributed by atoms with Crippen molar-refractivity contribution in [2.75, 3.05) is 30.0 Å². The molecule has 0 N–H and O–H groups in total. The van der Waals surface area contributed by atoms with Crippen LogP contribution in [0.25, 0.3) is 0 Å². The quantitative estimate of drug-likeness (QED) is 0.728. The predicted molar refractivity (Wildman–Crippen MR) is 97.6 cm³/mol. The molecule has 6 heteroatoms. The fourth-order valence-corrected chi connectivity index (χ4v) is 3.96. The van der Waals surface area contributed by atoms with Crippen molar-refractivity contribution in [3.63, 3.8) is 0 Å². The normalized spacial score (nSPS) is 17.6. The Bertz CT molecular complexity index is 598. The van der Waals surface area contributed by atoms with Crippen molar-refractivity contribution < 1.29 is 4.74 Å². The van der Waals surface area contributed by atoms with Crippen LogP contribution in [0.2, 0.25) is 0 Å². The molecule has 3 nitrogen and oxygen atoms in total. The first-order valence-electron chi connectivity index (χ1n) is 7.28. The lowest BCUT2D eigenvalue weighted by atomic mass is 10.2. The number of hydrogen-bond donors (Lipinski definition) is 0.